The Morgan fingerprint density at radius 3 is 2.85 bits per heavy atom. The highest BCUT2D eigenvalue weighted by molar-refractivity contribution is 7.98. The number of nitrogens with one attached hydrogen (secondary N) is 1. The number of aryl methyl sites for hydroxylation is 1. The smallest absolute Gasteiger partial charge is 0.262 e. The number of fused-ring (bicyclic) bond motifs is 1. The summed E-state index contributed by atoms with van der Waals surface area (Å²) in [5.41, 5.74) is 4.52. The van der Waals surface area contributed by atoms with Crippen LogP contribution >= 0.6 is 11.8 Å². The number of nitrogens with zero attached hydrogens (tertiary/aromatic N) is 4. The first-order chi connectivity index (χ1) is 12.6. The van der Waals surface area contributed by atoms with E-state index in [0.717, 1.165) is 16.9 Å². The number of benzene rings is 1. The van der Waals surface area contributed by atoms with Crippen molar-refractivity contribution in [1.82, 2.24) is 24.7 Å². The summed E-state index contributed by atoms with van der Waals surface area (Å²) in [5.74, 6) is 0.632. The van der Waals surface area contributed by atoms with Crippen molar-refractivity contribution >= 4 is 22.8 Å². The van der Waals surface area contributed by atoms with Crippen molar-refractivity contribution in [2.75, 3.05) is 0 Å². The fraction of sp³-hybridized carbons (Fsp3) is 0.158. The van der Waals surface area contributed by atoms with Gasteiger partial charge in [0.25, 0.3) is 5.56 Å². The first kappa shape index (κ1) is 16.5. The SMILES string of the molecule is Cc1cccc(-n2ncc3c(=O)[nH]c(SCc4ccccn4)nc32)c1C. The number of hydrogen-bond donors (Lipinski definition) is 1. The summed E-state index contributed by atoms with van der Waals surface area (Å²) in [6.07, 6.45) is 3.32. The lowest BCUT2D eigenvalue weighted by atomic mass is 10.1. The van der Waals surface area contributed by atoms with Crippen molar-refractivity contribution in [3.8, 4) is 5.69 Å². The molecule has 1 N–H and O–H groups in total. The molecule has 1 aromatic carbocycles. The van der Waals surface area contributed by atoms with Gasteiger partial charge in [0, 0.05) is 11.9 Å². The minimum absolute atomic E-state index is 0.185. The number of aromatic amines is 1. The molecule has 0 atom stereocenters. The summed E-state index contributed by atoms with van der Waals surface area (Å²) in [5, 5.41) is 5.44. The molecule has 0 bridgehead atoms. The number of aromatic nitrogens is 5. The Bertz CT molecular complexity index is 1130. The number of pyridine rings is 1. The predicted octanol–water partition coefficient (Wildman–Crippen LogP) is 3.41. The molecule has 0 fully saturated rings. The second kappa shape index (κ2) is 6.76. The number of hydrogen-bond acceptors (Lipinski definition) is 5. The van der Waals surface area contributed by atoms with Crippen LogP contribution in [-0.2, 0) is 5.75 Å². The third kappa shape index (κ3) is 3.01. The highest BCUT2D eigenvalue weighted by Crippen LogP contribution is 2.22. The topological polar surface area (TPSA) is 76.5 Å². The molecule has 0 radical (unpaired) electrons. The molecule has 4 rings (SSSR count). The highest BCUT2D eigenvalue weighted by atomic mass is 32.2. The van der Waals surface area contributed by atoms with Crippen LogP contribution in [0.1, 0.15) is 16.8 Å². The minimum Gasteiger partial charge on any atom is -0.301 e. The van der Waals surface area contributed by atoms with Gasteiger partial charge in [0.05, 0.1) is 17.6 Å². The standard InChI is InChI=1S/C19H17N5OS/c1-12-6-5-8-16(13(12)2)24-17-15(10-21-24)18(25)23-19(22-17)26-11-14-7-3-4-9-20-14/h3-10H,11H2,1-2H3,(H,22,23,25). The molecule has 26 heavy (non-hydrogen) atoms. The van der Waals surface area contributed by atoms with Gasteiger partial charge < -0.3 is 4.98 Å². The monoisotopic (exact) mass is 363 g/mol. The fourth-order valence-corrected chi connectivity index (χ4v) is 3.51. The van der Waals surface area contributed by atoms with Gasteiger partial charge in [-0.3, -0.25) is 9.78 Å². The third-order valence-electron chi connectivity index (χ3n) is 4.30. The molecule has 130 valence electrons. The van der Waals surface area contributed by atoms with Crippen LogP contribution in [0.5, 0.6) is 0 Å². The van der Waals surface area contributed by atoms with E-state index in [1.165, 1.54) is 17.3 Å². The third-order valence-corrected chi connectivity index (χ3v) is 5.21. The van der Waals surface area contributed by atoms with Gasteiger partial charge in [-0.05, 0) is 43.2 Å². The van der Waals surface area contributed by atoms with Crippen LogP contribution in [0.25, 0.3) is 16.7 Å². The number of thioether (sulfide) groups is 1. The fourth-order valence-electron chi connectivity index (χ4n) is 2.73. The lowest BCUT2D eigenvalue weighted by molar-refractivity contribution is 0.865. The van der Waals surface area contributed by atoms with E-state index < -0.39 is 0 Å². The molecule has 3 aromatic heterocycles. The van der Waals surface area contributed by atoms with Crippen LogP contribution in [0, 0.1) is 13.8 Å². The Morgan fingerprint density at radius 1 is 1.15 bits per heavy atom. The Hall–Kier alpha value is -2.93. The quantitative estimate of drug-likeness (QED) is 0.444. The normalized spacial score (nSPS) is 11.2. The van der Waals surface area contributed by atoms with E-state index >= 15 is 0 Å². The van der Waals surface area contributed by atoms with Gasteiger partial charge in [-0.1, -0.05) is 30.0 Å². The molecule has 0 spiro atoms. The maximum atomic E-state index is 12.4. The number of rotatable bonds is 4. The van der Waals surface area contributed by atoms with E-state index in [0.29, 0.717) is 21.9 Å². The molecule has 0 aliphatic rings. The average molecular weight is 363 g/mol. The van der Waals surface area contributed by atoms with Crippen LogP contribution < -0.4 is 5.56 Å². The summed E-state index contributed by atoms with van der Waals surface area (Å²) in [7, 11) is 0. The molecular weight excluding hydrogens is 346 g/mol. The van der Waals surface area contributed by atoms with Crippen molar-refractivity contribution in [1.29, 1.82) is 0 Å². The minimum atomic E-state index is -0.185. The predicted molar refractivity (Wildman–Crippen MR) is 103 cm³/mol. The van der Waals surface area contributed by atoms with Crippen LogP contribution in [-0.4, -0.2) is 24.7 Å². The van der Waals surface area contributed by atoms with Gasteiger partial charge in [0.1, 0.15) is 5.39 Å². The first-order valence-electron chi connectivity index (χ1n) is 8.21. The average Bonchev–Trinajstić information content (AvgIpc) is 3.07. The number of H-pyrrole nitrogens is 1. The lowest BCUT2D eigenvalue weighted by Gasteiger charge is -2.09. The first-order valence-corrected chi connectivity index (χ1v) is 9.19. The second-order valence-corrected chi connectivity index (χ2v) is 6.96. The zero-order chi connectivity index (χ0) is 18.1. The summed E-state index contributed by atoms with van der Waals surface area (Å²) in [6, 6.07) is 11.8. The van der Waals surface area contributed by atoms with Crippen molar-refractivity contribution in [3.05, 3.63) is 76.0 Å². The Balaban J connectivity index is 1.76. The zero-order valence-electron chi connectivity index (χ0n) is 14.4. The van der Waals surface area contributed by atoms with Gasteiger partial charge in [0.15, 0.2) is 10.8 Å². The molecule has 0 saturated carbocycles. The molecule has 0 saturated heterocycles. The van der Waals surface area contributed by atoms with Gasteiger partial charge in [-0.15, -0.1) is 0 Å². The van der Waals surface area contributed by atoms with E-state index in [4.69, 9.17) is 0 Å². The molecule has 4 aromatic rings. The van der Waals surface area contributed by atoms with E-state index in [1.54, 1.807) is 17.1 Å². The molecule has 3 heterocycles. The maximum absolute atomic E-state index is 12.4. The van der Waals surface area contributed by atoms with Crippen LogP contribution in [0.2, 0.25) is 0 Å². The maximum Gasteiger partial charge on any atom is 0.262 e. The van der Waals surface area contributed by atoms with Crippen molar-refractivity contribution in [3.63, 3.8) is 0 Å². The van der Waals surface area contributed by atoms with Crippen LogP contribution in [0.3, 0.4) is 0 Å². The van der Waals surface area contributed by atoms with Gasteiger partial charge in [0.2, 0.25) is 0 Å². The molecule has 7 heteroatoms. The van der Waals surface area contributed by atoms with E-state index in [9.17, 15) is 4.79 Å². The van der Waals surface area contributed by atoms with Gasteiger partial charge in [-0.25, -0.2) is 9.67 Å². The summed E-state index contributed by atoms with van der Waals surface area (Å²) < 4.78 is 1.73. The largest absolute Gasteiger partial charge is 0.301 e. The molecule has 0 amide bonds. The highest BCUT2D eigenvalue weighted by Gasteiger charge is 2.14. The Kier molecular flexibility index (Phi) is 4.30. The molecule has 0 unspecified atom stereocenters. The summed E-state index contributed by atoms with van der Waals surface area (Å²) in [6.45, 7) is 4.10. The second-order valence-electron chi connectivity index (χ2n) is 5.99. The van der Waals surface area contributed by atoms with E-state index in [2.05, 4.69) is 33.0 Å². The zero-order valence-corrected chi connectivity index (χ0v) is 15.2. The lowest BCUT2D eigenvalue weighted by Crippen LogP contribution is -2.10. The van der Waals surface area contributed by atoms with E-state index in [1.807, 2.05) is 37.3 Å². The van der Waals surface area contributed by atoms with Crippen LogP contribution in [0.15, 0.2) is 58.7 Å². The Morgan fingerprint density at radius 2 is 2.04 bits per heavy atom. The summed E-state index contributed by atoms with van der Waals surface area (Å²) >= 11 is 1.45. The Labute approximate surface area is 154 Å². The van der Waals surface area contributed by atoms with Crippen molar-refractivity contribution in [2.24, 2.45) is 0 Å². The molecule has 0 aliphatic carbocycles. The summed E-state index contributed by atoms with van der Waals surface area (Å²) in [4.78, 5) is 24.2. The van der Waals surface area contributed by atoms with Crippen LogP contribution in [0.4, 0.5) is 0 Å². The molecular formula is C19H17N5OS. The van der Waals surface area contributed by atoms with Gasteiger partial charge in [-0.2, -0.15) is 5.10 Å². The molecule has 0 aliphatic heterocycles. The van der Waals surface area contributed by atoms with Crippen molar-refractivity contribution in [2.45, 2.75) is 24.8 Å². The molecule has 6 nitrogen and oxygen atoms in total. The van der Waals surface area contributed by atoms with E-state index in [-0.39, 0.29) is 5.56 Å². The van der Waals surface area contributed by atoms with Crippen molar-refractivity contribution < 1.29 is 0 Å². The van der Waals surface area contributed by atoms with Gasteiger partial charge >= 0.3 is 0 Å².